The first-order valence-electron chi connectivity index (χ1n) is 6.82. The van der Waals surface area contributed by atoms with Gasteiger partial charge in [0.05, 0.1) is 18.4 Å². The van der Waals surface area contributed by atoms with E-state index in [4.69, 9.17) is 9.29 Å². The van der Waals surface area contributed by atoms with Crippen LogP contribution in [0.15, 0.2) is 0 Å². The summed E-state index contributed by atoms with van der Waals surface area (Å²) in [4.78, 5) is 22.3. The van der Waals surface area contributed by atoms with Crippen LogP contribution in [0.25, 0.3) is 0 Å². The third kappa shape index (κ3) is 4.27. The van der Waals surface area contributed by atoms with Crippen LogP contribution in [0.2, 0.25) is 0 Å². The van der Waals surface area contributed by atoms with Crippen molar-refractivity contribution in [2.75, 3.05) is 13.1 Å². The second-order valence-corrected chi connectivity index (χ2v) is 6.12. The van der Waals surface area contributed by atoms with Crippen molar-refractivity contribution in [1.29, 1.82) is 0 Å². The van der Waals surface area contributed by atoms with E-state index in [1.807, 2.05) is 0 Å². The standard InChI is InChI=1S/C12H18F2N2O4S/c13-11(14)6-1-3-15-7-5-8(21-20-10(6)7)12(19)16-4-2-9(17)18/h6-8,10-11,15H,1-5H2,(H,16,19)(H,17,18). The zero-order valence-corrected chi connectivity index (χ0v) is 12.1. The minimum Gasteiger partial charge on any atom is -0.481 e. The number of carbonyl (C=O) groups is 2. The number of rotatable bonds is 5. The Labute approximate surface area is 125 Å². The molecule has 4 atom stereocenters. The van der Waals surface area contributed by atoms with Gasteiger partial charge in [0.25, 0.3) is 0 Å². The molecule has 0 radical (unpaired) electrons. The van der Waals surface area contributed by atoms with E-state index in [1.54, 1.807) is 0 Å². The van der Waals surface area contributed by atoms with Crippen LogP contribution in [0.4, 0.5) is 8.78 Å². The summed E-state index contributed by atoms with van der Waals surface area (Å²) >= 11 is 0.904. The number of hydrogen-bond donors (Lipinski definition) is 3. The largest absolute Gasteiger partial charge is 0.481 e. The molecule has 0 aliphatic carbocycles. The maximum absolute atomic E-state index is 12.9. The van der Waals surface area contributed by atoms with Crippen LogP contribution in [0.5, 0.6) is 0 Å². The molecule has 2 rings (SSSR count). The molecule has 0 aromatic rings. The van der Waals surface area contributed by atoms with Gasteiger partial charge in [-0.2, -0.15) is 0 Å². The molecule has 0 aromatic carbocycles. The van der Waals surface area contributed by atoms with Gasteiger partial charge < -0.3 is 19.9 Å². The Hall–Kier alpha value is -0.930. The van der Waals surface area contributed by atoms with E-state index in [9.17, 15) is 18.4 Å². The van der Waals surface area contributed by atoms with Gasteiger partial charge in [-0.1, -0.05) is 0 Å². The highest BCUT2D eigenvalue weighted by molar-refractivity contribution is 7.96. The molecule has 2 aliphatic rings. The molecule has 6 nitrogen and oxygen atoms in total. The first kappa shape index (κ1) is 16.4. The van der Waals surface area contributed by atoms with Crippen molar-refractivity contribution in [2.24, 2.45) is 5.92 Å². The van der Waals surface area contributed by atoms with E-state index in [0.717, 1.165) is 12.0 Å². The van der Waals surface area contributed by atoms with Crippen molar-refractivity contribution >= 4 is 23.9 Å². The van der Waals surface area contributed by atoms with Crippen molar-refractivity contribution in [3.63, 3.8) is 0 Å². The summed E-state index contributed by atoms with van der Waals surface area (Å²) in [6, 6.07) is -0.269. The summed E-state index contributed by atoms with van der Waals surface area (Å²) in [6.07, 6.45) is -2.42. The molecule has 0 spiro atoms. The Kier molecular flexibility index (Phi) is 5.77. The molecule has 120 valence electrons. The summed E-state index contributed by atoms with van der Waals surface area (Å²) < 4.78 is 31.3. The van der Waals surface area contributed by atoms with E-state index in [-0.39, 0.29) is 24.9 Å². The number of piperidine rings is 1. The zero-order chi connectivity index (χ0) is 15.4. The Morgan fingerprint density at radius 3 is 2.90 bits per heavy atom. The number of carboxylic acids is 1. The number of fused-ring (bicyclic) bond motifs is 1. The van der Waals surface area contributed by atoms with Crippen molar-refractivity contribution in [1.82, 2.24) is 10.6 Å². The molecule has 0 saturated carbocycles. The highest BCUT2D eigenvalue weighted by Crippen LogP contribution is 2.37. The predicted octanol–water partition coefficient (Wildman–Crippen LogP) is 0.626. The Morgan fingerprint density at radius 2 is 2.24 bits per heavy atom. The number of aliphatic carboxylic acids is 1. The average molecular weight is 324 g/mol. The minimum absolute atomic E-state index is 0.0480. The zero-order valence-electron chi connectivity index (χ0n) is 11.3. The highest BCUT2D eigenvalue weighted by atomic mass is 32.2. The van der Waals surface area contributed by atoms with Crippen molar-refractivity contribution < 1.29 is 27.7 Å². The number of carboxylic acid groups (broad SMARTS) is 1. The van der Waals surface area contributed by atoms with Gasteiger partial charge in [0, 0.05) is 24.6 Å². The fourth-order valence-corrected chi connectivity index (χ4v) is 3.59. The first-order chi connectivity index (χ1) is 9.99. The monoisotopic (exact) mass is 324 g/mol. The molecule has 2 aliphatic heterocycles. The number of hydrogen-bond acceptors (Lipinski definition) is 5. The van der Waals surface area contributed by atoms with E-state index in [0.29, 0.717) is 19.4 Å². The Morgan fingerprint density at radius 1 is 1.48 bits per heavy atom. The van der Waals surface area contributed by atoms with Crippen LogP contribution in [0.1, 0.15) is 19.3 Å². The predicted molar refractivity (Wildman–Crippen MR) is 72.0 cm³/mol. The van der Waals surface area contributed by atoms with Crippen LogP contribution in [-0.2, 0) is 13.8 Å². The molecule has 21 heavy (non-hydrogen) atoms. The molecule has 3 N–H and O–H groups in total. The Balaban J connectivity index is 1.84. The second-order valence-electron chi connectivity index (χ2n) is 5.16. The number of alkyl halides is 2. The molecule has 1 amide bonds. The maximum Gasteiger partial charge on any atom is 0.305 e. The second kappa shape index (κ2) is 7.37. The van der Waals surface area contributed by atoms with Gasteiger partial charge in [0.1, 0.15) is 5.25 Å². The van der Waals surface area contributed by atoms with E-state index >= 15 is 0 Å². The molecule has 2 fully saturated rings. The van der Waals surface area contributed by atoms with E-state index in [1.165, 1.54) is 0 Å². The molecule has 0 aromatic heterocycles. The van der Waals surface area contributed by atoms with Gasteiger partial charge in [-0.15, -0.1) is 0 Å². The van der Waals surface area contributed by atoms with Gasteiger partial charge in [0.15, 0.2) is 0 Å². The van der Waals surface area contributed by atoms with Crippen molar-refractivity contribution in [3.8, 4) is 0 Å². The molecule has 9 heteroatoms. The van der Waals surface area contributed by atoms with Crippen LogP contribution in [0, 0.1) is 5.92 Å². The third-order valence-electron chi connectivity index (χ3n) is 3.71. The molecule has 2 saturated heterocycles. The summed E-state index contributed by atoms with van der Waals surface area (Å²) in [7, 11) is 0. The lowest BCUT2D eigenvalue weighted by Crippen LogP contribution is -2.56. The van der Waals surface area contributed by atoms with Crippen LogP contribution < -0.4 is 10.6 Å². The van der Waals surface area contributed by atoms with Crippen molar-refractivity contribution in [3.05, 3.63) is 0 Å². The lowest BCUT2D eigenvalue weighted by molar-refractivity contribution is -0.136. The van der Waals surface area contributed by atoms with Gasteiger partial charge in [0.2, 0.25) is 12.3 Å². The summed E-state index contributed by atoms with van der Waals surface area (Å²) in [5.74, 6) is -2.11. The molecule has 4 unspecified atom stereocenters. The van der Waals surface area contributed by atoms with Gasteiger partial charge in [-0.05, 0) is 19.4 Å². The quantitative estimate of drug-likeness (QED) is 0.643. The third-order valence-corrected chi connectivity index (χ3v) is 4.68. The van der Waals surface area contributed by atoms with Crippen LogP contribution >= 0.6 is 12.0 Å². The fourth-order valence-electron chi connectivity index (χ4n) is 2.60. The number of amides is 1. The number of nitrogens with one attached hydrogen (secondary N) is 2. The fraction of sp³-hybridized carbons (Fsp3) is 0.833. The highest BCUT2D eigenvalue weighted by Gasteiger charge is 2.44. The lowest BCUT2D eigenvalue weighted by Gasteiger charge is -2.42. The maximum atomic E-state index is 12.9. The minimum atomic E-state index is -2.43. The summed E-state index contributed by atoms with van der Waals surface area (Å²) in [5, 5.41) is 13.6. The molecular weight excluding hydrogens is 306 g/mol. The number of carbonyl (C=O) groups excluding carboxylic acids is 1. The summed E-state index contributed by atoms with van der Waals surface area (Å²) in [6.45, 7) is 0.532. The smallest absolute Gasteiger partial charge is 0.305 e. The lowest BCUT2D eigenvalue weighted by atomic mass is 9.87. The molecule has 0 bridgehead atoms. The van der Waals surface area contributed by atoms with Gasteiger partial charge in [-0.3, -0.25) is 9.59 Å². The molecule has 2 heterocycles. The number of halogens is 2. The molecular formula is C12H18F2N2O4S. The van der Waals surface area contributed by atoms with Gasteiger partial charge in [-0.25, -0.2) is 8.78 Å². The summed E-state index contributed by atoms with van der Waals surface area (Å²) in [5.41, 5.74) is 0. The van der Waals surface area contributed by atoms with Crippen LogP contribution in [0.3, 0.4) is 0 Å². The van der Waals surface area contributed by atoms with Crippen LogP contribution in [-0.4, -0.2) is 53.9 Å². The Bertz CT molecular complexity index is 399. The normalized spacial score (nSPS) is 32.5. The van der Waals surface area contributed by atoms with E-state index in [2.05, 4.69) is 10.6 Å². The van der Waals surface area contributed by atoms with E-state index < -0.39 is 29.7 Å². The average Bonchev–Trinajstić information content (AvgIpc) is 2.45. The van der Waals surface area contributed by atoms with Crippen molar-refractivity contribution in [2.45, 2.75) is 43.1 Å². The topological polar surface area (TPSA) is 87.7 Å². The SMILES string of the molecule is O=C(O)CCNC(=O)C1CC2NCCC(C(F)F)C2OS1. The van der Waals surface area contributed by atoms with Gasteiger partial charge >= 0.3 is 5.97 Å². The first-order valence-corrected chi connectivity index (χ1v) is 7.62.